The van der Waals surface area contributed by atoms with Crippen molar-refractivity contribution in [3.8, 4) is 33.4 Å². The number of allylic oxidation sites excluding steroid dienone is 8. The van der Waals surface area contributed by atoms with Crippen LogP contribution in [-0.2, 0) is 0 Å². The van der Waals surface area contributed by atoms with Crippen molar-refractivity contribution >= 4 is 55.3 Å². The predicted octanol–water partition coefficient (Wildman–Crippen LogP) is 15.9. The standard InChI is InChI=1S/C57H41NO/c1-38-33-35-46(45-23-6-5-21-42(38)45)47-24-8-12-30-53(47)58(52-29-11-7-22-43(52)41-34-36-56-51(37-41)49-26-10-14-32-55(49)59-56)54-31-13-9-25-48(54)50-28-16-20-40-19-15-27-44(57(40)50)39-17-3-2-4-18-39/h2-38,42H,1H3. The lowest BCUT2D eigenvalue weighted by atomic mass is 9.76. The van der Waals surface area contributed by atoms with Gasteiger partial charge in [0.05, 0.1) is 17.1 Å². The molecule has 1 heterocycles. The van der Waals surface area contributed by atoms with Crippen molar-refractivity contribution in [3.63, 3.8) is 0 Å². The molecule has 2 nitrogen and oxygen atoms in total. The van der Waals surface area contributed by atoms with Crippen LogP contribution >= 0.6 is 0 Å². The molecule has 2 heteroatoms. The minimum Gasteiger partial charge on any atom is -0.456 e. The van der Waals surface area contributed by atoms with E-state index in [4.69, 9.17) is 4.42 Å². The Bertz CT molecular complexity index is 3190. The maximum absolute atomic E-state index is 6.30. The highest BCUT2D eigenvalue weighted by atomic mass is 16.3. The number of anilines is 3. The van der Waals surface area contributed by atoms with E-state index >= 15 is 0 Å². The molecular formula is C57H41NO. The second kappa shape index (κ2) is 14.5. The maximum Gasteiger partial charge on any atom is 0.135 e. The Balaban J connectivity index is 1.20. The summed E-state index contributed by atoms with van der Waals surface area (Å²) < 4.78 is 6.30. The minimum absolute atomic E-state index is 0.324. The van der Waals surface area contributed by atoms with Crippen molar-refractivity contribution in [1.29, 1.82) is 0 Å². The number of hydrogen-bond donors (Lipinski definition) is 0. The van der Waals surface area contributed by atoms with Crippen LogP contribution in [0, 0.1) is 11.8 Å². The van der Waals surface area contributed by atoms with Gasteiger partial charge in [0.2, 0.25) is 0 Å². The fourth-order valence-electron chi connectivity index (χ4n) is 9.41. The van der Waals surface area contributed by atoms with Gasteiger partial charge in [-0.3, -0.25) is 0 Å². The zero-order chi connectivity index (χ0) is 39.3. The molecule has 1 aromatic heterocycles. The van der Waals surface area contributed by atoms with Crippen molar-refractivity contribution in [3.05, 3.63) is 230 Å². The van der Waals surface area contributed by atoms with E-state index in [2.05, 4.69) is 218 Å². The van der Waals surface area contributed by atoms with Gasteiger partial charge in [0.15, 0.2) is 0 Å². The van der Waals surface area contributed by atoms with Crippen LogP contribution in [0.4, 0.5) is 17.1 Å². The number of benzene rings is 8. The van der Waals surface area contributed by atoms with Crippen LogP contribution in [0.1, 0.15) is 12.5 Å². The molecule has 0 saturated heterocycles. The molecule has 2 unspecified atom stereocenters. The number of nitrogens with zero attached hydrogens (tertiary/aromatic N) is 1. The molecular weight excluding hydrogens is 715 g/mol. The smallest absolute Gasteiger partial charge is 0.135 e. The second-order valence-electron chi connectivity index (χ2n) is 15.6. The second-order valence-corrected chi connectivity index (χ2v) is 15.6. The molecule has 0 amide bonds. The third-order valence-electron chi connectivity index (χ3n) is 12.2. The summed E-state index contributed by atoms with van der Waals surface area (Å²) >= 11 is 0. The van der Waals surface area contributed by atoms with E-state index < -0.39 is 0 Å². The third-order valence-corrected chi connectivity index (χ3v) is 12.2. The zero-order valence-corrected chi connectivity index (χ0v) is 32.8. The van der Waals surface area contributed by atoms with Gasteiger partial charge in [-0.1, -0.05) is 189 Å². The Hall–Kier alpha value is -7.42. The maximum atomic E-state index is 6.30. The highest BCUT2D eigenvalue weighted by Gasteiger charge is 2.28. The Morgan fingerprint density at radius 3 is 1.88 bits per heavy atom. The molecule has 0 N–H and O–H groups in total. The molecule has 8 aromatic carbocycles. The van der Waals surface area contributed by atoms with Crippen LogP contribution < -0.4 is 4.90 Å². The van der Waals surface area contributed by atoms with Crippen molar-refractivity contribution in [2.24, 2.45) is 11.8 Å². The predicted molar refractivity (Wildman–Crippen MR) is 249 cm³/mol. The molecule has 9 aromatic rings. The number of rotatable bonds is 7. The van der Waals surface area contributed by atoms with E-state index in [1.807, 2.05) is 12.1 Å². The van der Waals surface area contributed by atoms with E-state index in [1.165, 1.54) is 44.2 Å². The summed E-state index contributed by atoms with van der Waals surface area (Å²) in [5.74, 6) is 0.739. The topological polar surface area (TPSA) is 16.4 Å². The van der Waals surface area contributed by atoms with Gasteiger partial charge >= 0.3 is 0 Å². The first-order valence-corrected chi connectivity index (χ1v) is 20.6. The monoisotopic (exact) mass is 755 g/mol. The lowest BCUT2D eigenvalue weighted by molar-refractivity contribution is 0.585. The van der Waals surface area contributed by atoms with Crippen LogP contribution in [0.25, 0.3) is 71.7 Å². The Labute approximate surface area is 345 Å². The van der Waals surface area contributed by atoms with Gasteiger partial charge in [-0.25, -0.2) is 0 Å². The van der Waals surface area contributed by atoms with Gasteiger partial charge in [-0.15, -0.1) is 0 Å². The molecule has 0 fully saturated rings. The molecule has 0 spiro atoms. The Morgan fingerprint density at radius 1 is 0.441 bits per heavy atom. The van der Waals surface area contributed by atoms with Crippen LogP contribution in [0.2, 0.25) is 0 Å². The van der Waals surface area contributed by atoms with Crippen LogP contribution in [0.15, 0.2) is 228 Å². The summed E-state index contributed by atoms with van der Waals surface area (Å²) in [5.41, 5.74) is 16.0. The number of para-hydroxylation sites is 4. The molecule has 2 aliphatic rings. The van der Waals surface area contributed by atoms with Gasteiger partial charge in [0.1, 0.15) is 11.2 Å². The molecule has 280 valence electrons. The van der Waals surface area contributed by atoms with E-state index in [1.54, 1.807) is 0 Å². The summed E-state index contributed by atoms with van der Waals surface area (Å²) in [6, 6.07) is 65.9. The lowest BCUT2D eigenvalue weighted by Crippen LogP contribution is -2.18. The average Bonchev–Trinajstić information content (AvgIpc) is 3.68. The third kappa shape index (κ3) is 5.96. The highest BCUT2D eigenvalue weighted by molar-refractivity contribution is 6.10. The fourth-order valence-corrected chi connectivity index (χ4v) is 9.41. The highest BCUT2D eigenvalue weighted by Crippen LogP contribution is 2.50. The van der Waals surface area contributed by atoms with Gasteiger partial charge in [0.25, 0.3) is 0 Å². The first-order chi connectivity index (χ1) is 29.2. The Kier molecular flexibility index (Phi) is 8.56. The first kappa shape index (κ1) is 34.8. The quantitative estimate of drug-likeness (QED) is 0.161. The number of fused-ring (bicyclic) bond motifs is 5. The number of furan rings is 1. The van der Waals surface area contributed by atoms with E-state index in [9.17, 15) is 0 Å². The first-order valence-electron chi connectivity index (χ1n) is 20.6. The SMILES string of the molecule is CC1C=CC(c2ccccc2N(c2ccccc2-c2ccc3oc4ccccc4c3c2)c2ccccc2-c2cccc3cccc(-c4ccccc4)c23)=C2C=CC=CC21. The van der Waals surface area contributed by atoms with Crippen molar-refractivity contribution in [2.45, 2.75) is 6.92 Å². The summed E-state index contributed by atoms with van der Waals surface area (Å²) in [6.45, 7) is 2.32. The molecule has 0 bridgehead atoms. The van der Waals surface area contributed by atoms with E-state index in [-0.39, 0.29) is 0 Å². The fraction of sp³-hybridized carbons (Fsp3) is 0.0526. The van der Waals surface area contributed by atoms with Crippen molar-refractivity contribution < 1.29 is 4.42 Å². The average molecular weight is 756 g/mol. The summed E-state index contributed by atoms with van der Waals surface area (Å²) in [5, 5.41) is 4.68. The molecule has 0 aliphatic heterocycles. The van der Waals surface area contributed by atoms with Gasteiger partial charge in [0, 0.05) is 33.4 Å². The molecule has 0 saturated carbocycles. The van der Waals surface area contributed by atoms with E-state index in [0.717, 1.165) is 55.7 Å². The molecule has 2 aliphatic carbocycles. The molecule has 2 atom stereocenters. The normalized spacial score (nSPS) is 15.9. The molecule has 11 rings (SSSR count). The molecule has 59 heavy (non-hydrogen) atoms. The zero-order valence-electron chi connectivity index (χ0n) is 32.8. The molecule has 0 radical (unpaired) electrons. The van der Waals surface area contributed by atoms with Crippen molar-refractivity contribution in [1.82, 2.24) is 0 Å². The van der Waals surface area contributed by atoms with Crippen LogP contribution in [0.5, 0.6) is 0 Å². The summed E-state index contributed by atoms with van der Waals surface area (Å²) in [4.78, 5) is 2.51. The van der Waals surface area contributed by atoms with E-state index in [0.29, 0.717) is 11.8 Å². The summed E-state index contributed by atoms with van der Waals surface area (Å²) in [6.07, 6.45) is 13.8. The van der Waals surface area contributed by atoms with Gasteiger partial charge in [-0.2, -0.15) is 0 Å². The van der Waals surface area contributed by atoms with Crippen LogP contribution in [-0.4, -0.2) is 0 Å². The van der Waals surface area contributed by atoms with Gasteiger partial charge < -0.3 is 9.32 Å². The largest absolute Gasteiger partial charge is 0.456 e. The summed E-state index contributed by atoms with van der Waals surface area (Å²) in [7, 11) is 0. The van der Waals surface area contributed by atoms with Crippen LogP contribution in [0.3, 0.4) is 0 Å². The van der Waals surface area contributed by atoms with Gasteiger partial charge in [-0.05, 0) is 86.5 Å². The minimum atomic E-state index is 0.324. The van der Waals surface area contributed by atoms with Crippen molar-refractivity contribution in [2.75, 3.05) is 4.90 Å². The lowest BCUT2D eigenvalue weighted by Gasteiger charge is -2.34. The Morgan fingerprint density at radius 2 is 1.07 bits per heavy atom. The number of hydrogen-bond acceptors (Lipinski definition) is 2.